The summed E-state index contributed by atoms with van der Waals surface area (Å²) in [6, 6.07) is 10.1. The average Bonchev–Trinajstić information content (AvgIpc) is 2.86. The first kappa shape index (κ1) is 18.3. The topological polar surface area (TPSA) is 63.5 Å². The van der Waals surface area contributed by atoms with Gasteiger partial charge in [0.15, 0.2) is 0 Å². The van der Waals surface area contributed by atoms with E-state index >= 15 is 0 Å². The number of methoxy groups -OCH3 is 1. The van der Waals surface area contributed by atoms with Crippen molar-refractivity contribution in [1.29, 1.82) is 0 Å². The van der Waals surface area contributed by atoms with Crippen LogP contribution in [0.3, 0.4) is 0 Å². The number of aromatic nitrogens is 1. The van der Waals surface area contributed by atoms with Crippen molar-refractivity contribution in [3.8, 4) is 5.75 Å². The lowest BCUT2D eigenvalue weighted by molar-refractivity contribution is 0.102. The summed E-state index contributed by atoms with van der Waals surface area (Å²) in [6.45, 7) is 5.50. The molecule has 5 nitrogen and oxygen atoms in total. The van der Waals surface area contributed by atoms with Crippen LogP contribution < -0.4 is 5.32 Å². The lowest BCUT2D eigenvalue weighted by Crippen LogP contribution is -2.12. The van der Waals surface area contributed by atoms with E-state index in [1.165, 1.54) is 12.1 Å². The molecule has 26 heavy (non-hydrogen) atoms. The summed E-state index contributed by atoms with van der Waals surface area (Å²) in [6.07, 6.45) is 0. The van der Waals surface area contributed by atoms with Gasteiger partial charge in [-0.2, -0.15) is 0 Å². The molecule has 0 aliphatic rings. The quantitative estimate of drug-likeness (QED) is 0.647. The van der Waals surface area contributed by atoms with Crippen LogP contribution in [0.4, 0.5) is 5.69 Å². The number of rotatable bonds is 5. The van der Waals surface area contributed by atoms with Gasteiger partial charge in [-0.1, -0.05) is 11.6 Å². The maximum absolute atomic E-state index is 12.6. The van der Waals surface area contributed by atoms with E-state index in [-0.39, 0.29) is 17.3 Å². The van der Waals surface area contributed by atoms with Gasteiger partial charge < -0.3 is 19.7 Å². The van der Waals surface area contributed by atoms with Crippen molar-refractivity contribution in [3.05, 3.63) is 58.2 Å². The molecule has 3 rings (SSSR count). The molecule has 1 aromatic heterocycles. The molecular formula is C20H21ClN2O3. The zero-order chi connectivity index (χ0) is 18.8. The van der Waals surface area contributed by atoms with Crippen molar-refractivity contribution < 1.29 is 14.6 Å². The van der Waals surface area contributed by atoms with Gasteiger partial charge in [0.2, 0.25) is 0 Å². The van der Waals surface area contributed by atoms with Gasteiger partial charge in [0.05, 0.1) is 12.3 Å². The first-order chi connectivity index (χ1) is 12.4. The molecule has 0 atom stereocenters. The van der Waals surface area contributed by atoms with Crippen molar-refractivity contribution in [3.63, 3.8) is 0 Å². The Morgan fingerprint density at radius 3 is 2.73 bits per heavy atom. The van der Waals surface area contributed by atoms with E-state index in [1.54, 1.807) is 19.2 Å². The van der Waals surface area contributed by atoms with Gasteiger partial charge in [0, 0.05) is 40.8 Å². The molecule has 0 bridgehead atoms. The fourth-order valence-electron chi connectivity index (χ4n) is 3.06. The number of carbonyl (C=O) groups is 1. The lowest BCUT2D eigenvalue weighted by Gasteiger charge is -2.09. The summed E-state index contributed by atoms with van der Waals surface area (Å²) < 4.78 is 7.38. The molecule has 0 saturated heterocycles. The summed E-state index contributed by atoms with van der Waals surface area (Å²) in [5.41, 5.74) is 4.16. The number of hydrogen-bond acceptors (Lipinski definition) is 3. The molecule has 0 fully saturated rings. The Balaban J connectivity index is 1.94. The number of aromatic hydroxyl groups is 1. The molecule has 0 spiro atoms. The molecule has 0 aliphatic heterocycles. The van der Waals surface area contributed by atoms with Crippen LogP contribution >= 0.6 is 11.6 Å². The van der Waals surface area contributed by atoms with Crippen LogP contribution in [0.1, 0.15) is 21.6 Å². The second-order valence-corrected chi connectivity index (χ2v) is 6.64. The molecule has 6 heteroatoms. The van der Waals surface area contributed by atoms with E-state index in [4.69, 9.17) is 16.3 Å². The Hall–Kier alpha value is -2.50. The highest BCUT2D eigenvalue weighted by Crippen LogP contribution is 2.29. The number of hydrogen-bond donors (Lipinski definition) is 2. The number of fused-ring (bicyclic) bond motifs is 1. The minimum Gasteiger partial charge on any atom is -0.506 e. The number of anilines is 1. The standard InChI is InChI=1S/C20H21ClN2O3/c1-12-13(2)23(8-9-26-3)18-6-4-14(10-16(12)18)20(25)22-17-11-15(21)5-7-19(17)24/h4-7,10-11,24H,8-9H2,1-3H3,(H,22,25). The zero-order valence-electron chi connectivity index (χ0n) is 15.0. The van der Waals surface area contributed by atoms with E-state index in [1.807, 2.05) is 19.1 Å². The van der Waals surface area contributed by atoms with E-state index in [0.717, 1.165) is 28.7 Å². The first-order valence-electron chi connectivity index (χ1n) is 8.30. The second kappa shape index (κ2) is 7.40. The zero-order valence-corrected chi connectivity index (χ0v) is 15.7. The van der Waals surface area contributed by atoms with Gasteiger partial charge >= 0.3 is 0 Å². The number of nitrogens with zero attached hydrogens (tertiary/aromatic N) is 1. The highest BCUT2D eigenvalue weighted by atomic mass is 35.5. The number of amides is 1. The summed E-state index contributed by atoms with van der Waals surface area (Å²) in [7, 11) is 1.68. The monoisotopic (exact) mass is 372 g/mol. The van der Waals surface area contributed by atoms with Crippen LogP contribution in [0.2, 0.25) is 5.02 Å². The molecule has 0 radical (unpaired) electrons. The van der Waals surface area contributed by atoms with E-state index in [0.29, 0.717) is 17.2 Å². The molecule has 2 aromatic carbocycles. The molecule has 3 aromatic rings. The Bertz CT molecular complexity index is 979. The summed E-state index contributed by atoms with van der Waals surface area (Å²) in [4.78, 5) is 12.6. The normalized spacial score (nSPS) is 11.1. The first-order valence-corrected chi connectivity index (χ1v) is 8.68. The Morgan fingerprint density at radius 2 is 2.00 bits per heavy atom. The van der Waals surface area contributed by atoms with Crippen LogP contribution in [-0.4, -0.2) is 29.3 Å². The molecule has 136 valence electrons. The minimum absolute atomic E-state index is 0.0263. The largest absolute Gasteiger partial charge is 0.506 e. The lowest BCUT2D eigenvalue weighted by atomic mass is 10.1. The molecule has 1 heterocycles. The number of phenolic OH excluding ortho intramolecular Hbond substituents is 1. The number of halogens is 1. The summed E-state index contributed by atoms with van der Waals surface area (Å²) in [5, 5.41) is 14.1. The number of ether oxygens (including phenoxy) is 1. The summed E-state index contributed by atoms with van der Waals surface area (Å²) in [5.74, 6) is -0.326. The minimum atomic E-state index is -0.300. The number of phenols is 1. The number of nitrogens with one attached hydrogen (secondary N) is 1. The molecule has 0 unspecified atom stereocenters. The molecular weight excluding hydrogens is 352 g/mol. The maximum atomic E-state index is 12.6. The third-order valence-corrected chi connectivity index (χ3v) is 4.86. The van der Waals surface area contributed by atoms with Crippen molar-refractivity contribution in [2.45, 2.75) is 20.4 Å². The summed E-state index contributed by atoms with van der Waals surface area (Å²) >= 11 is 5.93. The van der Waals surface area contributed by atoms with Gasteiger partial charge in [-0.15, -0.1) is 0 Å². The Morgan fingerprint density at radius 1 is 1.23 bits per heavy atom. The van der Waals surface area contributed by atoms with Gasteiger partial charge in [-0.3, -0.25) is 4.79 Å². The fraction of sp³-hybridized carbons (Fsp3) is 0.250. The van der Waals surface area contributed by atoms with Gasteiger partial charge in [-0.05, 0) is 55.8 Å². The fourth-order valence-corrected chi connectivity index (χ4v) is 3.24. The smallest absolute Gasteiger partial charge is 0.255 e. The Labute approximate surface area is 157 Å². The van der Waals surface area contributed by atoms with Crippen molar-refractivity contribution >= 4 is 34.1 Å². The molecule has 0 saturated carbocycles. The van der Waals surface area contributed by atoms with Gasteiger partial charge in [0.25, 0.3) is 5.91 Å². The van der Waals surface area contributed by atoms with Gasteiger partial charge in [0.1, 0.15) is 5.75 Å². The van der Waals surface area contributed by atoms with Crippen LogP contribution in [0.15, 0.2) is 36.4 Å². The predicted molar refractivity (Wildman–Crippen MR) is 104 cm³/mol. The number of carbonyl (C=O) groups excluding carboxylic acids is 1. The molecule has 0 aliphatic carbocycles. The highest BCUT2D eigenvalue weighted by Gasteiger charge is 2.15. The van der Waals surface area contributed by atoms with E-state index in [2.05, 4.69) is 16.8 Å². The SMILES string of the molecule is COCCn1c(C)c(C)c2cc(C(=O)Nc3cc(Cl)ccc3O)ccc21. The van der Waals surface area contributed by atoms with Crippen LogP contribution in [0, 0.1) is 13.8 Å². The number of benzene rings is 2. The molecule has 2 N–H and O–H groups in total. The maximum Gasteiger partial charge on any atom is 0.255 e. The highest BCUT2D eigenvalue weighted by molar-refractivity contribution is 6.31. The van der Waals surface area contributed by atoms with Crippen molar-refractivity contribution in [2.24, 2.45) is 0 Å². The average molecular weight is 373 g/mol. The predicted octanol–water partition coefficient (Wildman–Crippen LogP) is 4.52. The number of aryl methyl sites for hydroxylation is 1. The van der Waals surface area contributed by atoms with Gasteiger partial charge in [-0.25, -0.2) is 0 Å². The van der Waals surface area contributed by atoms with E-state index in [9.17, 15) is 9.90 Å². The Kier molecular flexibility index (Phi) is 5.20. The van der Waals surface area contributed by atoms with E-state index < -0.39 is 0 Å². The molecule has 1 amide bonds. The third kappa shape index (κ3) is 3.41. The second-order valence-electron chi connectivity index (χ2n) is 6.20. The van der Waals surface area contributed by atoms with Crippen molar-refractivity contribution in [2.75, 3.05) is 19.0 Å². The van der Waals surface area contributed by atoms with Crippen molar-refractivity contribution in [1.82, 2.24) is 4.57 Å². The van der Waals surface area contributed by atoms with Crippen LogP contribution in [0.25, 0.3) is 10.9 Å². The van der Waals surface area contributed by atoms with Crippen LogP contribution in [-0.2, 0) is 11.3 Å². The van der Waals surface area contributed by atoms with Crippen LogP contribution in [0.5, 0.6) is 5.75 Å². The third-order valence-electron chi connectivity index (χ3n) is 4.63.